The second-order valence-electron chi connectivity index (χ2n) is 3.37. The fourth-order valence-electron chi connectivity index (χ4n) is 1.21. The topological polar surface area (TPSA) is 148 Å². The third-order valence-electron chi connectivity index (χ3n) is 1.95. The molecule has 2 rings (SSSR count). The number of anilines is 2. The van der Waals surface area contributed by atoms with Crippen LogP contribution >= 0.6 is 23.4 Å². The minimum absolute atomic E-state index is 0. The zero-order valence-electron chi connectivity index (χ0n) is 12.2. The van der Waals surface area contributed by atoms with E-state index in [1.54, 1.807) is 12.3 Å². The molecule has 10 nitrogen and oxygen atoms in total. The second-order valence-corrected chi connectivity index (χ2v) is 6.29. The van der Waals surface area contributed by atoms with Gasteiger partial charge in [0, 0.05) is 24.0 Å². The van der Waals surface area contributed by atoms with Crippen LogP contribution in [0.25, 0.3) is 0 Å². The van der Waals surface area contributed by atoms with E-state index in [0.29, 0.717) is 10.8 Å². The third-order valence-corrected chi connectivity index (χ3v) is 3.69. The molecule has 1 heterocycles. The normalized spacial score (nSPS) is 9.92. The summed E-state index contributed by atoms with van der Waals surface area (Å²) in [6.45, 7) is 0. The summed E-state index contributed by atoms with van der Waals surface area (Å²) in [5, 5.41) is 10.8. The Morgan fingerprint density at radius 3 is 2.54 bits per heavy atom. The number of hydrogen-bond donors (Lipinski definition) is 1. The maximum Gasteiger partial charge on any atom is 1.00 e. The molecule has 0 saturated heterocycles. The van der Waals surface area contributed by atoms with Gasteiger partial charge in [0.15, 0.2) is 0 Å². The molecule has 24 heavy (non-hydrogen) atoms. The van der Waals surface area contributed by atoms with Crippen LogP contribution in [-0.2, 0) is 26.0 Å². The van der Waals surface area contributed by atoms with Crippen LogP contribution in [0, 0.1) is 0 Å². The summed E-state index contributed by atoms with van der Waals surface area (Å²) in [6.07, 6.45) is 1.68. The van der Waals surface area contributed by atoms with E-state index >= 15 is 0 Å². The van der Waals surface area contributed by atoms with Gasteiger partial charge in [-0.25, -0.2) is 8.42 Å². The zero-order chi connectivity index (χ0) is 17.3. The predicted molar refractivity (Wildman–Crippen MR) is 81.7 cm³/mol. The van der Waals surface area contributed by atoms with Crippen LogP contribution in [0.1, 0.15) is 0 Å². The van der Waals surface area contributed by atoms with Crippen LogP contribution in [0.15, 0.2) is 29.2 Å². The molecule has 0 radical (unpaired) electrons. The Labute approximate surface area is 171 Å². The van der Waals surface area contributed by atoms with E-state index in [9.17, 15) is 13.0 Å². The fourth-order valence-corrected chi connectivity index (χ4v) is 2.47. The third kappa shape index (κ3) is 8.50. The van der Waals surface area contributed by atoms with Crippen LogP contribution in [0.2, 0.25) is 0 Å². The first-order valence-corrected chi connectivity index (χ1v) is 9.40. The molecule has 1 aromatic carbocycles. The van der Waals surface area contributed by atoms with Crippen molar-refractivity contribution in [2.24, 2.45) is 0 Å². The zero-order valence-corrected chi connectivity index (χ0v) is 17.5. The van der Waals surface area contributed by atoms with Crippen molar-refractivity contribution in [1.82, 2.24) is 10.2 Å². The number of hydrogen-bond acceptors (Lipinski definition) is 12. The number of aromatic nitrogens is 2. The Morgan fingerprint density at radius 2 is 1.96 bits per heavy atom. The molecule has 0 bridgehead atoms. The van der Waals surface area contributed by atoms with Gasteiger partial charge in [-0.2, -0.15) is 8.42 Å². The quantitative estimate of drug-likeness (QED) is 0.183. The van der Waals surface area contributed by atoms with Crippen molar-refractivity contribution in [3.05, 3.63) is 24.3 Å². The van der Waals surface area contributed by atoms with Gasteiger partial charge in [-0.3, -0.25) is 4.89 Å². The first-order valence-electron chi connectivity index (χ1n) is 5.36. The SMILES string of the molecule is CSOOc1nnc(Nc2cccc(S(=O)(=O)[O-])c2)s1.O=S=O.[Na+]. The molecule has 126 valence electrons. The number of nitrogens with zero attached hydrogens (tertiary/aromatic N) is 2. The minimum atomic E-state index is -4.49. The van der Waals surface area contributed by atoms with Crippen molar-refractivity contribution < 1.29 is 60.2 Å². The average molecular weight is 421 g/mol. The summed E-state index contributed by atoms with van der Waals surface area (Å²) < 4.78 is 53.9. The molecule has 0 saturated carbocycles. The van der Waals surface area contributed by atoms with Gasteiger partial charge in [0.05, 0.1) is 4.90 Å². The van der Waals surface area contributed by atoms with E-state index in [2.05, 4.69) is 19.8 Å². The molecular weight excluding hydrogens is 413 g/mol. The molecular formula is C9H8N3NaO7S4. The Hall–Kier alpha value is -0.580. The molecule has 0 spiro atoms. The average Bonchev–Trinajstić information content (AvgIpc) is 2.93. The van der Waals surface area contributed by atoms with Gasteiger partial charge in [0.2, 0.25) is 5.13 Å². The van der Waals surface area contributed by atoms with Crippen molar-refractivity contribution >= 4 is 55.9 Å². The van der Waals surface area contributed by atoms with Gasteiger partial charge in [0.1, 0.15) is 10.1 Å². The largest absolute Gasteiger partial charge is 1.00 e. The van der Waals surface area contributed by atoms with Gasteiger partial charge in [-0.1, -0.05) is 11.2 Å². The van der Waals surface area contributed by atoms with Crippen LogP contribution in [0.4, 0.5) is 10.8 Å². The van der Waals surface area contributed by atoms with Crippen molar-refractivity contribution in [2.75, 3.05) is 11.6 Å². The number of benzene rings is 1. The minimum Gasteiger partial charge on any atom is -0.744 e. The molecule has 0 aliphatic carbocycles. The summed E-state index contributed by atoms with van der Waals surface area (Å²) in [4.78, 5) is 4.45. The second kappa shape index (κ2) is 11.9. The van der Waals surface area contributed by atoms with Gasteiger partial charge in [0.25, 0.3) is 0 Å². The number of rotatable bonds is 6. The first-order chi connectivity index (χ1) is 10.9. The van der Waals surface area contributed by atoms with Gasteiger partial charge in [-0.15, -0.1) is 9.43 Å². The molecule has 0 unspecified atom stereocenters. The molecule has 0 atom stereocenters. The number of nitrogens with one attached hydrogen (secondary N) is 1. The molecule has 2 aromatic rings. The fraction of sp³-hybridized carbons (Fsp3) is 0.111. The molecule has 1 aromatic heterocycles. The maximum atomic E-state index is 10.9. The van der Waals surface area contributed by atoms with Gasteiger partial charge < -0.3 is 9.87 Å². The van der Waals surface area contributed by atoms with Gasteiger partial charge in [-0.05, 0) is 29.5 Å². The van der Waals surface area contributed by atoms with Crippen molar-refractivity contribution in [3.63, 3.8) is 0 Å². The maximum absolute atomic E-state index is 10.9. The van der Waals surface area contributed by atoms with E-state index in [-0.39, 0.29) is 39.6 Å². The van der Waals surface area contributed by atoms with Crippen LogP contribution < -0.4 is 39.8 Å². The molecule has 1 N–H and O–H groups in total. The Kier molecular flexibility index (Phi) is 11.6. The Morgan fingerprint density at radius 1 is 1.29 bits per heavy atom. The summed E-state index contributed by atoms with van der Waals surface area (Å²) in [5.74, 6) is 0. The molecule has 0 fully saturated rings. The summed E-state index contributed by atoms with van der Waals surface area (Å²) >= 11 is 1.32. The molecule has 0 aliphatic heterocycles. The molecule has 0 aliphatic rings. The summed E-state index contributed by atoms with van der Waals surface area (Å²) in [7, 11) is -4.49. The van der Waals surface area contributed by atoms with E-state index < -0.39 is 21.7 Å². The molecule has 15 heteroatoms. The van der Waals surface area contributed by atoms with Crippen molar-refractivity contribution in [3.8, 4) is 5.19 Å². The monoisotopic (exact) mass is 421 g/mol. The van der Waals surface area contributed by atoms with E-state index in [0.717, 1.165) is 23.4 Å². The van der Waals surface area contributed by atoms with Gasteiger partial charge >= 0.3 is 46.3 Å². The smallest absolute Gasteiger partial charge is 0.744 e. The first kappa shape index (κ1) is 23.4. The van der Waals surface area contributed by atoms with Crippen LogP contribution in [0.5, 0.6) is 5.19 Å². The summed E-state index contributed by atoms with van der Waals surface area (Å²) in [5.41, 5.74) is 0.399. The Balaban J connectivity index is 0.00000123. The molecule has 0 amide bonds. The standard InChI is InChI=1S/C9H9N3O5S3.Na.O2S/c1-18-17-16-9-12-11-8(19-9)10-6-3-2-4-7(5-6)20(13,14)15;;1-3-2/h2-5H,1H3,(H,10,11)(H,13,14,15);;/q;+1;/p-1. The van der Waals surface area contributed by atoms with Crippen molar-refractivity contribution in [2.45, 2.75) is 4.90 Å². The van der Waals surface area contributed by atoms with Crippen LogP contribution in [0.3, 0.4) is 0 Å². The van der Waals surface area contributed by atoms with E-state index in [4.69, 9.17) is 13.3 Å². The van der Waals surface area contributed by atoms with Crippen molar-refractivity contribution in [1.29, 1.82) is 0 Å². The van der Waals surface area contributed by atoms with Crippen LogP contribution in [-0.4, -0.2) is 37.8 Å². The predicted octanol–water partition coefficient (Wildman–Crippen LogP) is -1.89. The van der Waals surface area contributed by atoms with E-state index in [1.807, 2.05) is 0 Å². The van der Waals surface area contributed by atoms with E-state index in [1.165, 1.54) is 18.2 Å². The summed E-state index contributed by atoms with van der Waals surface area (Å²) in [6, 6.07) is 5.47. The Bertz CT molecular complexity index is 779.